The summed E-state index contributed by atoms with van der Waals surface area (Å²) >= 11 is 0. The van der Waals surface area contributed by atoms with E-state index in [0.717, 1.165) is 0 Å². The Labute approximate surface area is 73.1 Å². The molecule has 2 atom stereocenters. The molecule has 0 amide bonds. The molecule has 0 spiro atoms. The molecule has 0 radical (unpaired) electrons. The fourth-order valence-electron chi connectivity index (χ4n) is 1.36. The van der Waals surface area contributed by atoms with Gasteiger partial charge in [-0.3, -0.25) is 0 Å². The van der Waals surface area contributed by atoms with Crippen LogP contribution in [0.1, 0.15) is 13.3 Å². The first-order valence-electron chi connectivity index (χ1n) is 4.17. The summed E-state index contributed by atoms with van der Waals surface area (Å²) in [6.45, 7) is 1.86. The molecule has 0 aromatic heterocycles. The Hall–Kier alpha value is -0.230. The molecule has 0 saturated heterocycles. The van der Waals surface area contributed by atoms with Gasteiger partial charge < -0.3 is 0 Å². The Balaban J connectivity index is 2.69. The summed E-state index contributed by atoms with van der Waals surface area (Å²) in [4.78, 5) is 0. The summed E-state index contributed by atoms with van der Waals surface area (Å²) in [6.07, 6.45) is 7.31. The molecular formula is C9H14F2P+. The highest BCUT2D eigenvalue weighted by molar-refractivity contribution is 7.59. The van der Waals surface area contributed by atoms with Crippen molar-refractivity contribution < 1.29 is 8.78 Å². The Morgan fingerprint density at radius 3 is 2.67 bits per heavy atom. The first-order chi connectivity index (χ1) is 5.73. The molecule has 1 aliphatic carbocycles. The fraction of sp³-hybridized carbons (Fsp3) is 0.556. The quantitative estimate of drug-likeness (QED) is 0.600. The standard InChI is InChI=1S/C9H13F2P/c1-2-12(8-10)9(11)6-4-3-5-7-9/h3-6H,2,7-8H2,1H3/p+1. The second kappa shape index (κ2) is 4.13. The molecule has 1 rings (SSSR count). The number of hydrogen-bond acceptors (Lipinski definition) is 0. The molecule has 0 bridgehead atoms. The van der Waals surface area contributed by atoms with E-state index in [1.54, 1.807) is 12.2 Å². The van der Waals surface area contributed by atoms with Crippen LogP contribution in [-0.4, -0.2) is 18.0 Å². The lowest BCUT2D eigenvalue weighted by Gasteiger charge is -2.22. The van der Waals surface area contributed by atoms with Crippen LogP contribution in [0.4, 0.5) is 8.78 Å². The normalized spacial score (nSPS) is 30.6. The van der Waals surface area contributed by atoms with Crippen molar-refractivity contribution in [2.24, 2.45) is 0 Å². The lowest BCUT2D eigenvalue weighted by molar-refractivity contribution is 0.344. The molecule has 0 aromatic rings. The number of allylic oxidation sites excluding steroid dienone is 4. The van der Waals surface area contributed by atoms with Crippen LogP contribution < -0.4 is 0 Å². The van der Waals surface area contributed by atoms with Gasteiger partial charge in [0.15, 0.2) is 6.42 Å². The monoisotopic (exact) mass is 191 g/mol. The summed E-state index contributed by atoms with van der Waals surface area (Å²) < 4.78 is 26.3. The van der Waals surface area contributed by atoms with Gasteiger partial charge in [-0.25, -0.2) is 4.39 Å². The molecule has 0 N–H and O–H groups in total. The van der Waals surface area contributed by atoms with Crippen LogP contribution in [0.5, 0.6) is 0 Å². The van der Waals surface area contributed by atoms with Crippen molar-refractivity contribution in [3.63, 3.8) is 0 Å². The predicted molar refractivity (Wildman–Crippen MR) is 51.6 cm³/mol. The molecule has 0 aromatic carbocycles. The molecule has 3 heteroatoms. The second-order valence-electron chi connectivity index (χ2n) is 2.94. The third-order valence-corrected chi connectivity index (χ3v) is 4.92. The van der Waals surface area contributed by atoms with E-state index < -0.39 is 19.7 Å². The van der Waals surface area contributed by atoms with Crippen molar-refractivity contribution in [3.8, 4) is 0 Å². The number of rotatable bonds is 3. The SMILES string of the molecule is CC[PH+](CF)C1(F)C=CC=CC1. The van der Waals surface area contributed by atoms with Gasteiger partial charge >= 0.3 is 0 Å². The van der Waals surface area contributed by atoms with Gasteiger partial charge in [0.2, 0.25) is 5.41 Å². The molecule has 2 unspecified atom stereocenters. The minimum absolute atomic E-state index is 0.357. The average Bonchev–Trinajstić information content (AvgIpc) is 2.07. The maximum absolute atomic E-state index is 13.9. The van der Waals surface area contributed by atoms with Crippen LogP contribution in [0.3, 0.4) is 0 Å². The van der Waals surface area contributed by atoms with Gasteiger partial charge in [0.1, 0.15) is 0 Å². The van der Waals surface area contributed by atoms with Gasteiger partial charge in [-0.05, 0) is 13.0 Å². The zero-order valence-electron chi connectivity index (χ0n) is 7.19. The Morgan fingerprint density at radius 1 is 1.50 bits per heavy atom. The van der Waals surface area contributed by atoms with Crippen molar-refractivity contribution in [1.82, 2.24) is 0 Å². The van der Waals surface area contributed by atoms with E-state index in [1.165, 1.54) is 6.08 Å². The minimum Gasteiger partial charge on any atom is -0.206 e. The van der Waals surface area contributed by atoms with E-state index >= 15 is 0 Å². The summed E-state index contributed by atoms with van der Waals surface area (Å²) in [6, 6.07) is 0. The molecule has 0 aliphatic heterocycles. The van der Waals surface area contributed by atoms with Crippen molar-refractivity contribution >= 4 is 7.92 Å². The molecular weight excluding hydrogens is 177 g/mol. The summed E-state index contributed by atoms with van der Waals surface area (Å²) in [7, 11) is -1.49. The largest absolute Gasteiger partial charge is 0.236 e. The zero-order valence-corrected chi connectivity index (χ0v) is 8.19. The van der Waals surface area contributed by atoms with Gasteiger partial charge in [0, 0.05) is 6.42 Å². The van der Waals surface area contributed by atoms with E-state index in [0.29, 0.717) is 12.6 Å². The van der Waals surface area contributed by atoms with Crippen LogP contribution in [0.2, 0.25) is 0 Å². The highest BCUT2D eigenvalue weighted by Gasteiger charge is 2.41. The van der Waals surface area contributed by atoms with Crippen LogP contribution >= 0.6 is 7.92 Å². The average molecular weight is 191 g/mol. The molecule has 0 heterocycles. The van der Waals surface area contributed by atoms with Crippen LogP contribution in [-0.2, 0) is 0 Å². The maximum Gasteiger partial charge on any atom is 0.236 e. The topological polar surface area (TPSA) is 0 Å². The van der Waals surface area contributed by atoms with Crippen molar-refractivity contribution in [3.05, 3.63) is 24.3 Å². The van der Waals surface area contributed by atoms with Gasteiger partial charge in [-0.2, -0.15) is 4.39 Å². The van der Waals surface area contributed by atoms with Crippen LogP contribution in [0.15, 0.2) is 24.3 Å². The van der Waals surface area contributed by atoms with E-state index in [2.05, 4.69) is 0 Å². The number of alkyl halides is 2. The first-order valence-corrected chi connectivity index (χ1v) is 6.09. The second-order valence-corrected chi connectivity index (χ2v) is 5.96. The summed E-state index contributed by atoms with van der Waals surface area (Å²) in [5, 5.41) is -1.34. The van der Waals surface area contributed by atoms with E-state index in [9.17, 15) is 8.78 Å². The zero-order chi connectivity index (χ0) is 9.03. The van der Waals surface area contributed by atoms with Gasteiger partial charge in [-0.1, -0.05) is 18.2 Å². The van der Waals surface area contributed by atoms with Crippen LogP contribution in [0.25, 0.3) is 0 Å². The van der Waals surface area contributed by atoms with Crippen molar-refractivity contribution in [2.75, 3.05) is 12.6 Å². The highest BCUT2D eigenvalue weighted by atomic mass is 31.1. The maximum atomic E-state index is 13.9. The third kappa shape index (κ3) is 1.92. The third-order valence-electron chi connectivity index (χ3n) is 2.20. The Bertz CT molecular complexity index is 197. The minimum atomic E-state index is -1.49. The smallest absolute Gasteiger partial charge is 0.206 e. The fourth-order valence-corrected chi connectivity index (χ4v) is 3.09. The summed E-state index contributed by atoms with van der Waals surface area (Å²) in [5.41, 5.74) is 0. The lowest BCUT2D eigenvalue weighted by atomic mass is 10.1. The van der Waals surface area contributed by atoms with Gasteiger partial charge in [-0.15, -0.1) is 0 Å². The molecule has 0 nitrogen and oxygen atoms in total. The first kappa shape index (κ1) is 9.85. The molecule has 0 fully saturated rings. The van der Waals surface area contributed by atoms with E-state index in [1.807, 2.05) is 13.0 Å². The molecule has 0 saturated carbocycles. The highest BCUT2D eigenvalue weighted by Crippen LogP contribution is 2.54. The van der Waals surface area contributed by atoms with Crippen molar-refractivity contribution in [1.29, 1.82) is 0 Å². The lowest BCUT2D eigenvalue weighted by Crippen LogP contribution is -2.19. The molecule has 12 heavy (non-hydrogen) atoms. The molecule has 68 valence electrons. The number of halogens is 2. The predicted octanol–water partition coefficient (Wildman–Crippen LogP) is 3.33. The van der Waals surface area contributed by atoms with Gasteiger partial charge in [0.05, 0.1) is 14.1 Å². The van der Waals surface area contributed by atoms with Crippen molar-refractivity contribution in [2.45, 2.75) is 18.8 Å². The van der Waals surface area contributed by atoms with E-state index in [-0.39, 0.29) is 0 Å². The molecule has 1 aliphatic rings. The number of hydrogen-bond donors (Lipinski definition) is 0. The van der Waals surface area contributed by atoms with Gasteiger partial charge in [0.25, 0.3) is 0 Å². The Morgan fingerprint density at radius 2 is 2.25 bits per heavy atom. The summed E-state index contributed by atoms with van der Waals surface area (Å²) in [5.74, 6) is 0. The van der Waals surface area contributed by atoms with Crippen LogP contribution in [0, 0.1) is 0 Å². The van der Waals surface area contributed by atoms with E-state index in [4.69, 9.17) is 0 Å². The Kier molecular flexibility index (Phi) is 3.39.